The van der Waals surface area contributed by atoms with E-state index in [2.05, 4.69) is 24.3 Å². The minimum Gasteiger partial charge on any atom is -0.387 e. The molecule has 0 aromatic heterocycles. The molecule has 21 heavy (non-hydrogen) atoms. The van der Waals surface area contributed by atoms with Gasteiger partial charge in [-0.15, -0.1) is 0 Å². The van der Waals surface area contributed by atoms with Gasteiger partial charge in [0.1, 0.15) is 0 Å². The van der Waals surface area contributed by atoms with Crippen LogP contribution in [0.15, 0.2) is 30.3 Å². The van der Waals surface area contributed by atoms with E-state index in [0.29, 0.717) is 11.3 Å². The molecule has 5 rings (SSSR count). The molecule has 4 saturated carbocycles. The van der Waals surface area contributed by atoms with Crippen LogP contribution in [0.1, 0.15) is 56.4 Å². The molecule has 2 heteroatoms. The Morgan fingerprint density at radius 2 is 1.57 bits per heavy atom. The standard InChI is InChI=1S/C19H26N2/c20-18(21)17(16-4-2-1-3-5-16)12-19-9-13-6-14(10-19)8-15(7-13)11-19/h1-5,13-15,17H,6-12H2,(H3,20,21). The molecule has 0 spiro atoms. The quantitative estimate of drug-likeness (QED) is 0.627. The van der Waals surface area contributed by atoms with E-state index >= 15 is 0 Å². The van der Waals surface area contributed by atoms with Gasteiger partial charge in [-0.05, 0) is 73.7 Å². The molecule has 0 heterocycles. The van der Waals surface area contributed by atoms with Crippen LogP contribution in [-0.4, -0.2) is 5.84 Å². The van der Waals surface area contributed by atoms with E-state index in [-0.39, 0.29) is 5.92 Å². The van der Waals surface area contributed by atoms with E-state index < -0.39 is 0 Å². The summed E-state index contributed by atoms with van der Waals surface area (Å²) in [5, 5.41) is 8.08. The maximum Gasteiger partial charge on any atom is 0.0982 e. The summed E-state index contributed by atoms with van der Waals surface area (Å²) >= 11 is 0. The highest BCUT2D eigenvalue weighted by molar-refractivity contribution is 5.84. The van der Waals surface area contributed by atoms with Crippen molar-refractivity contribution >= 4 is 5.84 Å². The van der Waals surface area contributed by atoms with Crippen molar-refractivity contribution in [2.45, 2.75) is 50.9 Å². The summed E-state index contributed by atoms with van der Waals surface area (Å²) in [5.74, 6) is 3.40. The van der Waals surface area contributed by atoms with Crippen molar-refractivity contribution in [1.29, 1.82) is 5.41 Å². The molecule has 1 atom stereocenters. The molecule has 1 aromatic rings. The minimum atomic E-state index is 0.127. The lowest BCUT2D eigenvalue weighted by Crippen LogP contribution is -2.47. The van der Waals surface area contributed by atoms with Crippen molar-refractivity contribution < 1.29 is 0 Å². The van der Waals surface area contributed by atoms with E-state index in [1.54, 1.807) is 0 Å². The van der Waals surface area contributed by atoms with E-state index in [0.717, 1.165) is 24.2 Å². The smallest absolute Gasteiger partial charge is 0.0982 e. The Kier molecular flexibility index (Phi) is 3.09. The third-order valence-electron chi connectivity index (χ3n) is 6.38. The summed E-state index contributed by atoms with van der Waals surface area (Å²) in [7, 11) is 0. The van der Waals surface area contributed by atoms with Crippen LogP contribution in [0.2, 0.25) is 0 Å². The van der Waals surface area contributed by atoms with Gasteiger partial charge in [-0.25, -0.2) is 0 Å². The molecule has 0 amide bonds. The maximum absolute atomic E-state index is 8.08. The van der Waals surface area contributed by atoms with Crippen LogP contribution in [0, 0.1) is 28.6 Å². The molecule has 4 aliphatic carbocycles. The summed E-state index contributed by atoms with van der Waals surface area (Å²) in [6.45, 7) is 0. The fraction of sp³-hybridized carbons (Fsp3) is 0.632. The van der Waals surface area contributed by atoms with Gasteiger partial charge in [0.2, 0.25) is 0 Å². The molecule has 4 bridgehead atoms. The van der Waals surface area contributed by atoms with Crippen molar-refractivity contribution in [1.82, 2.24) is 0 Å². The Balaban J connectivity index is 1.60. The SMILES string of the molecule is N=C(N)C(CC12CC3CC(CC(C3)C1)C2)c1ccccc1. The van der Waals surface area contributed by atoms with Crippen molar-refractivity contribution in [2.75, 3.05) is 0 Å². The lowest BCUT2D eigenvalue weighted by molar-refractivity contribution is -0.0582. The van der Waals surface area contributed by atoms with Crippen LogP contribution in [0.5, 0.6) is 0 Å². The third kappa shape index (κ3) is 2.39. The van der Waals surface area contributed by atoms with Crippen LogP contribution in [0.4, 0.5) is 0 Å². The molecule has 0 saturated heterocycles. The van der Waals surface area contributed by atoms with Gasteiger partial charge < -0.3 is 5.73 Å². The zero-order chi connectivity index (χ0) is 14.4. The third-order valence-corrected chi connectivity index (χ3v) is 6.38. The summed E-state index contributed by atoms with van der Waals surface area (Å²) in [4.78, 5) is 0. The molecule has 1 unspecified atom stereocenters. The lowest BCUT2D eigenvalue weighted by atomic mass is 9.48. The van der Waals surface area contributed by atoms with Gasteiger partial charge in [0.05, 0.1) is 5.84 Å². The molecular weight excluding hydrogens is 256 g/mol. The second-order valence-electron chi connectivity index (χ2n) is 8.04. The minimum absolute atomic E-state index is 0.127. The van der Waals surface area contributed by atoms with Crippen molar-refractivity contribution in [3.63, 3.8) is 0 Å². The summed E-state index contributed by atoms with van der Waals surface area (Å²) in [5.41, 5.74) is 7.71. The van der Waals surface area contributed by atoms with Gasteiger partial charge in [-0.1, -0.05) is 30.3 Å². The molecule has 112 valence electrons. The van der Waals surface area contributed by atoms with Gasteiger partial charge in [0, 0.05) is 5.92 Å². The first-order chi connectivity index (χ1) is 10.1. The Bertz CT molecular complexity index is 498. The largest absolute Gasteiger partial charge is 0.387 e. The van der Waals surface area contributed by atoms with Gasteiger partial charge in [-0.3, -0.25) is 5.41 Å². The van der Waals surface area contributed by atoms with Gasteiger partial charge in [0.15, 0.2) is 0 Å². The number of rotatable bonds is 4. The Morgan fingerprint density at radius 3 is 2.05 bits per heavy atom. The molecule has 0 aliphatic heterocycles. The molecule has 4 aliphatic rings. The Hall–Kier alpha value is -1.31. The monoisotopic (exact) mass is 282 g/mol. The first-order valence-corrected chi connectivity index (χ1v) is 8.52. The molecule has 1 aromatic carbocycles. The van der Waals surface area contributed by atoms with Gasteiger partial charge >= 0.3 is 0 Å². The summed E-state index contributed by atoms with van der Waals surface area (Å²) in [6.07, 6.45) is 9.75. The summed E-state index contributed by atoms with van der Waals surface area (Å²) in [6, 6.07) is 10.5. The second kappa shape index (κ2) is 4.86. The number of hydrogen-bond donors (Lipinski definition) is 2. The van der Waals surface area contributed by atoms with Crippen molar-refractivity contribution in [3.8, 4) is 0 Å². The number of hydrogen-bond acceptors (Lipinski definition) is 1. The van der Waals surface area contributed by atoms with Crippen molar-refractivity contribution in [3.05, 3.63) is 35.9 Å². The predicted molar refractivity (Wildman–Crippen MR) is 86.3 cm³/mol. The van der Waals surface area contributed by atoms with E-state index in [4.69, 9.17) is 11.1 Å². The summed E-state index contributed by atoms with van der Waals surface area (Å²) < 4.78 is 0. The average molecular weight is 282 g/mol. The number of benzene rings is 1. The predicted octanol–water partition coefficient (Wildman–Crippen LogP) is 4.31. The Labute approximate surface area is 127 Å². The zero-order valence-electron chi connectivity index (χ0n) is 12.7. The van der Waals surface area contributed by atoms with E-state index in [1.807, 2.05) is 6.07 Å². The van der Waals surface area contributed by atoms with Gasteiger partial charge in [-0.2, -0.15) is 0 Å². The zero-order valence-corrected chi connectivity index (χ0v) is 12.7. The topological polar surface area (TPSA) is 49.9 Å². The number of amidine groups is 1. The first kappa shape index (κ1) is 13.4. The molecule has 4 fully saturated rings. The average Bonchev–Trinajstić information content (AvgIpc) is 2.44. The normalized spacial score (nSPS) is 38.4. The highest BCUT2D eigenvalue weighted by atomic mass is 14.7. The van der Waals surface area contributed by atoms with Crippen LogP contribution in [-0.2, 0) is 0 Å². The first-order valence-electron chi connectivity index (χ1n) is 8.52. The number of nitrogens with one attached hydrogen (secondary N) is 1. The van der Waals surface area contributed by atoms with Crippen LogP contribution < -0.4 is 5.73 Å². The number of nitrogens with two attached hydrogens (primary N) is 1. The molecule has 3 N–H and O–H groups in total. The fourth-order valence-electron chi connectivity index (χ4n) is 6.07. The van der Waals surface area contributed by atoms with Crippen LogP contribution in [0.25, 0.3) is 0 Å². The second-order valence-corrected chi connectivity index (χ2v) is 8.04. The maximum atomic E-state index is 8.08. The van der Waals surface area contributed by atoms with Gasteiger partial charge in [0.25, 0.3) is 0 Å². The highest BCUT2D eigenvalue weighted by Crippen LogP contribution is 2.62. The molecule has 0 radical (unpaired) electrons. The van der Waals surface area contributed by atoms with Crippen LogP contribution >= 0.6 is 0 Å². The van der Waals surface area contributed by atoms with E-state index in [9.17, 15) is 0 Å². The molecular formula is C19H26N2. The Morgan fingerprint density at radius 1 is 1.05 bits per heavy atom. The molecule has 2 nitrogen and oxygen atoms in total. The van der Waals surface area contributed by atoms with Crippen LogP contribution in [0.3, 0.4) is 0 Å². The highest BCUT2D eigenvalue weighted by Gasteiger charge is 2.51. The van der Waals surface area contributed by atoms with E-state index in [1.165, 1.54) is 44.1 Å². The fourth-order valence-corrected chi connectivity index (χ4v) is 6.07. The van der Waals surface area contributed by atoms with Crippen molar-refractivity contribution in [2.24, 2.45) is 28.9 Å². The lowest BCUT2D eigenvalue weighted by Gasteiger charge is -2.57.